The Kier molecular flexibility index (Phi) is 11.1. The van der Waals surface area contributed by atoms with E-state index in [0.717, 1.165) is 6.42 Å². The van der Waals surface area contributed by atoms with Crippen molar-refractivity contribution >= 4 is 11.9 Å². The number of cyclic esters (lactones) is 1. The second kappa shape index (κ2) is 13.4. The molecule has 0 spiro atoms. The monoisotopic (exact) mass is 505 g/mol. The summed E-state index contributed by atoms with van der Waals surface area (Å²) in [5.41, 5.74) is -0.870. The molecule has 0 bridgehead atoms. The molecule has 202 valence electrons. The Morgan fingerprint density at radius 1 is 1.17 bits per heavy atom. The summed E-state index contributed by atoms with van der Waals surface area (Å²) < 4.78 is 5.73. The molecule has 1 aliphatic carbocycles. The third-order valence-electron chi connectivity index (χ3n) is 7.77. The molecule has 9 unspecified atom stereocenters. The molecule has 0 amide bonds. The van der Waals surface area contributed by atoms with Crippen LogP contribution in [0.1, 0.15) is 79.1 Å². The molecular formula is C28H43NO7. The topological polar surface area (TPSA) is 148 Å². The van der Waals surface area contributed by atoms with E-state index in [4.69, 9.17) is 4.74 Å². The van der Waals surface area contributed by atoms with Crippen molar-refractivity contribution in [3.63, 3.8) is 0 Å². The highest BCUT2D eigenvalue weighted by atomic mass is 16.5. The average molecular weight is 506 g/mol. The first-order valence-electron chi connectivity index (χ1n) is 13.1. The molecule has 1 saturated carbocycles. The number of carbonyl (C=O) groups excluding carboxylic acids is 1. The number of allylic oxidation sites excluding steroid dienone is 2. The van der Waals surface area contributed by atoms with Gasteiger partial charge in [-0.25, -0.2) is 0 Å². The van der Waals surface area contributed by atoms with Crippen molar-refractivity contribution in [2.75, 3.05) is 0 Å². The maximum Gasteiger partial charge on any atom is 0.308 e. The summed E-state index contributed by atoms with van der Waals surface area (Å²) in [7, 11) is 0. The predicted octanol–water partition coefficient (Wildman–Crippen LogP) is 3.75. The number of aliphatic hydroxyl groups is 3. The summed E-state index contributed by atoms with van der Waals surface area (Å²) in [6, 6.07) is 2.06. The van der Waals surface area contributed by atoms with E-state index in [0.29, 0.717) is 25.7 Å². The lowest BCUT2D eigenvalue weighted by atomic mass is 9.79. The van der Waals surface area contributed by atoms with Crippen LogP contribution >= 0.6 is 0 Å². The van der Waals surface area contributed by atoms with Gasteiger partial charge in [0.15, 0.2) is 0 Å². The van der Waals surface area contributed by atoms with E-state index in [1.54, 1.807) is 32.1 Å². The van der Waals surface area contributed by atoms with Gasteiger partial charge >= 0.3 is 11.9 Å². The summed E-state index contributed by atoms with van der Waals surface area (Å²) in [6.07, 6.45) is 5.48. The number of carboxylic acid groups (broad SMARTS) is 1. The maximum absolute atomic E-state index is 12.8. The molecular weight excluding hydrogens is 462 g/mol. The van der Waals surface area contributed by atoms with Crippen LogP contribution in [-0.2, 0) is 14.3 Å². The van der Waals surface area contributed by atoms with Gasteiger partial charge in [-0.2, -0.15) is 5.26 Å². The smallest absolute Gasteiger partial charge is 0.308 e. The quantitative estimate of drug-likeness (QED) is 0.415. The van der Waals surface area contributed by atoms with Crippen LogP contribution in [0.3, 0.4) is 0 Å². The minimum absolute atomic E-state index is 0.0580. The standard InChI is InChI=1S/C28H43NO7/c1-17-12-18(2)26(32)20(16-29)8-5-6-11-24(21-9-7-10-22(21)27(33)34)36-25(31)13-23(30)19(3)15-28(4,35)14-17/h5-6,8,17-19,21-24,26,30,32,35H,7,9-15H2,1-4H3,(H,33,34). The Bertz CT molecular complexity index is 858. The minimum atomic E-state index is -1.09. The Morgan fingerprint density at radius 2 is 1.86 bits per heavy atom. The van der Waals surface area contributed by atoms with E-state index in [1.165, 1.54) is 0 Å². The molecule has 2 aliphatic rings. The minimum Gasteiger partial charge on any atom is -0.481 e. The van der Waals surface area contributed by atoms with Gasteiger partial charge in [-0.05, 0) is 62.9 Å². The molecule has 0 aromatic rings. The van der Waals surface area contributed by atoms with Crippen molar-refractivity contribution in [1.82, 2.24) is 0 Å². The highest BCUT2D eigenvalue weighted by Crippen LogP contribution is 2.37. The molecule has 0 radical (unpaired) electrons. The second-order valence-corrected chi connectivity index (χ2v) is 11.4. The van der Waals surface area contributed by atoms with Crippen LogP contribution in [0.4, 0.5) is 0 Å². The van der Waals surface area contributed by atoms with Crippen molar-refractivity contribution in [2.45, 2.75) is 103 Å². The second-order valence-electron chi connectivity index (χ2n) is 11.4. The number of carbonyl (C=O) groups is 2. The zero-order valence-corrected chi connectivity index (χ0v) is 22.0. The molecule has 8 nitrogen and oxygen atoms in total. The third-order valence-corrected chi connectivity index (χ3v) is 7.77. The van der Waals surface area contributed by atoms with Crippen molar-refractivity contribution < 1.29 is 34.8 Å². The van der Waals surface area contributed by atoms with E-state index >= 15 is 0 Å². The number of hydrogen-bond acceptors (Lipinski definition) is 7. The van der Waals surface area contributed by atoms with Crippen molar-refractivity contribution in [1.29, 1.82) is 5.26 Å². The SMILES string of the molecule is CC1CC(C)C(O)C(C#N)=CC=CCC(C2CCCC2C(=O)O)OC(=O)CC(O)C(C)CC(C)(O)C1. The number of aliphatic hydroxyl groups excluding tert-OH is 2. The van der Waals surface area contributed by atoms with Crippen LogP contribution in [0.5, 0.6) is 0 Å². The first kappa shape index (κ1) is 30.0. The molecule has 4 N–H and O–H groups in total. The van der Waals surface area contributed by atoms with Crippen LogP contribution in [0.15, 0.2) is 23.8 Å². The number of esters is 1. The zero-order valence-electron chi connectivity index (χ0n) is 22.0. The van der Waals surface area contributed by atoms with Gasteiger partial charge in [0.2, 0.25) is 0 Å². The highest BCUT2D eigenvalue weighted by molar-refractivity contribution is 5.72. The molecule has 0 aromatic heterocycles. The molecule has 9 atom stereocenters. The lowest BCUT2D eigenvalue weighted by Gasteiger charge is -2.33. The Labute approximate surface area is 214 Å². The van der Waals surface area contributed by atoms with E-state index in [1.807, 2.05) is 13.8 Å². The van der Waals surface area contributed by atoms with Gasteiger partial charge in [-0.15, -0.1) is 0 Å². The molecule has 8 heteroatoms. The first-order valence-corrected chi connectivity index (χ1v) is 13.1. The van der Waals surface area contributed by atoms with E-state index in [9.17, 15) is 35.3 Å². The summed E-state index contributed by atoms with van der Waals surface area (Å²) >= 11 is 0. The normalized spacial score (nSPS) is 39.8. The van der Waals surface area contributed by atoms with Gasteiger partial charge in [-0.3, -0.25) is 9.59 Å². The van der Waals surface area contributed by atoms with E-state index in [2.05, 4.69) is 6.07 Å². The fourth-order valence-corrected chi connectivity index (χ4v) is 6.04. The van der Waals surface area contributed by atoms with Crippen LogP contribution in [0, 0.1) is 40.9 Å². The summed E-state index contributed by atoms with van der Waals surface area (Å²) in [4.78, 5) is 24.5. The fraction of sp³-hybridized carbons (Fsp3) is 0.750. The van der Waals surface area contributed by atoms with E-state index < -0.39 is 41.8 Å². The van der Waals surface area contributed by atoms with Crippen LogP contribution < -0.4 is 0 Å². The number of carboxylic acids is 1. The molecule has 2 rings (SSSR count). The largest absolute Gasteiger partial charge is 0.481 e. The predicted molar refractivity (Wildman–Crippen MR) is 134 cm³/mol. The lowest BCUT2D eigenvalue weighted by molar-refractivity contribution is -0.159. The van der Waals surface area contributed by atoms with Gasteiger partial charge in [0.25, 0.3) is 0 Å². The van der Waals surface area contributed by atoms with Crippen molar-refractivity contribution in [3.8, 4) is 6.07 Å². The molecule has 36 heavy (non-hydrogen) atoms. The highest BCUT2D eigenvalue weighted by Gasteiger charge is 2.40. The van der Waals surface area contributed by atoms with Gasteiger partial charge in [0, 0.05) is 12.3 Å². The van der Waals surface area contributed by atoms with Crippen LogP contribution in [0.25, 0.3) is 0 Å². The van der Waals surface area contributed by atoms with Crippen molar-refractivity contribution in [2.24, 2.45) is 29.6 Å². The lowest BCUT2D eigenvalue weighted by Crippen LogP contribution is -2.36. The van der Waals surface area contributed by atoms with Gasteiger partial charge in [0.05, 0.1) is 41.8 Å². The van der Waals surface area contributed by atoms with Gasteiger partial charge in [-0.1, -0.05) is 39.3 Å². The average Bonchev–Trinajstić information content (AvgIpc) is 3.26. The number of nitriles is 1. The van der Waals surface area contributed by atoms with Crippen LogP contribution in [-0.4, -0.2) is 56.3 Å². The Balaban J connectivity index is 2.34. The van der Waals surface area contributed by atoms with Crippen molar-refractivity contribution in [3.05, 3.63) is 23.8 Å². The molecule has 1 fully saturated rings. The number of aliphatic carboxylic acids is 1. The molecule has 1 aliphatic heterocycles. The number of nitrogens with zero attached hydrogens (tertiary/aromatic N) is 1. The number of ether oxygens (including phenoxy) is 1. The molecule has 0 aromatic carbocycles. The van der Waals surface area contributed by atoms with Gasteiger partial charge < -0.3 is 25.2 Å². The van der Waals surface area contributed by atoms with E-state index in [-0.39, 0.29) is 48.5 Å². The van der Waals surface area contributed by atoms with Gasteiger partial charge in [0.1, 0.15) is 6.10 Å². The third kappa shape index (κ3) is 8.72. The summed E-state index contributed by atoms with van der Waals surface area (Å²) in [5.74, 6) is -2.98. The maximum atomic E-state index is 12.8. The first-order chi connectivity index (χ1) is 16.8. The number of hydrogen-bond donors (Lipinski definition) is 4. The summed E-state index contributed by atoms with van der Waals surface area (Å²) in [6.45, 7) is 7.34. The van der Waals surface area contributed by atoms with Crippen LogP contribution in [0.2, 0.25) is 0 Å². The summed E-state index contributed by atoms with van der Waals surface area (Å²) in [5, 5.41) is 51.6. The fourth-order valence-electron chi connectivity index (χ4n) is 6.04. The number of rotatable bonds is 2. The zero-order chi connectivity index (χ0) is 27.0. The molecule has 1 heterocycles. The Hall–Kier alpha value is -2.21. The Morgan fingerprint density at radius 3 is 2.50 bits per heavy atom. The molecule has 0 saturated heterocycles.